The standard InChI is InChI=1S/C11H10FN3O3/c1-15-5-7(13-14-15)6-18-8-2-3-9(11(16)17)10(12)4-8/h2-5H,6H2,1H3,(H,16,17). The van der Waals surface area contributed by atoms with Gasteiger partial charge in [-0.15, -0.1) is 5.10 Å². The van der Waals surface area contributed by atoms with Crippen molar-refractivity contribution in [3.63, 3.8) is 0 Å². The minimum atomic E-state index is -1.31. The first kappa shape index (κ1) is 12.0. The van der Waals surface area contributed by atoms with E-state index < -0.39 is 11.8 Å². The molecule has 0 aliphatic carbocycles. The topological polar surface area (TPSA) is 77.2 Å². The molecule has 2 rings (SSSR count). The predicted molar refractivity (Wildman–Crippen MR) is 58.7 cm³/mol. The van der Waals surface area contributed by atoms with E-state index in [2.05, 4.69) is 10.3 Å². The van der Waals surface area contributed by atoms with Crippen LogP contribution in [0.1, 0.15) is 16.1 Å². The Morgan fingerprint density at radius 2 is 2.33 bits per heavy atom. The van der Waals surface area contributed by atoms with Gasteiger partial charge in [0.2, 0.25) is 0 Å². The number of carboxylic acids is 1. The second-order valence-electron chi connectivity index (χ2n) is 3.62. The number of aryl methyl sites for hydroxylation is 1. The third-order valence-electron chi connectivity index (χ3n) is 2.21. The van der Waals surface area contributed by atoms with E-state index in [0.29, 0.717) is 5.69 Å². The van der Waals surface area contributed by atoms with Crippen LogP contribution < -0.4 is 4.74 Å². The zero-order valence-electron chi connectivity index (χ0n) is 9.50. The Morgan fingerprint density at radius 1 is 1.56 bits per heavy atom. The highest BCUT2D eigenvalue weighted by Crippen LogP contribution is 2.17. The summed E-state index contributed by atoms with van der Waals surface area (Å²) in [5, 5.41) is 16.2. The van der Waals surface area contributed by atoms with E-state index in [1.165, 1.54) is 10.7 Å². The molecule has 1 aromatic carbocycles. The quantitative estimate of drug-likeness (QED) is 0.884. The van der Waals surface area contributed by atoms with E-state index in [1.54, 1.807) is 13.2 Å². The molecule has 1 N–H and O–H groups in total. The Hall–Kier alpha value is -2.44. The number of hydrogen-bond acceptors (Lipinski definition) is 4. The van der Waals surface area contributed by atoms with Crippen LogP contribution >= 0.6 is 0 Å². The van der Waals surface area contributed by atoms with E-state index in [4.69, 9.17) is 9.84 Å². The van der Waals surface area contributed by atoms with Crippen LogP contribution in [0.5, 0.6) is 5.75 Å². The number of carboxylic acid groups (broad SMARTS) is 1. The highest BCUT2D eigenvalue weighted by atomic mass is 19.1. The van der Waals surface area contributed by atoms with E-state index in [1.807, 2.05) is 0 Å². The van der Waals surface area contributed by atoms with Gasteiger partial charge in [0.25, 0.3) is 0 Å². The fraction of sp³-hybridized carbons (Fsp3) is 0.182. The van der Waals surface area contributed by atoms with Gasteiger partial charge in [0, 0.05) is 13.1 Å². The lowest BCUT2D eigenvalue weighted by Gasteiger charge is -2.05. The van der Waals surface area contributed by atoms with Crippen LogP contribution in [-0.4, -0.2) is 26.1 Å². The van der Waals surface area contributed by atoms with Crippen molar-refractivity contribution in [2.45, 2.75) is 6.61 Å². The van der Waals surface area contributed by atoms with Gasteiger partial charge in [-0.05, 0) is 12.1 Å². The second kappa shape index (κ2) is 4.82. The summed E-state index contributed by atoms with van der Waals surface area (Å²) in [5.41, 5.74) is 0.210. The normalized spacial score (nSPS) is 10.3. The van der Waals surface area contributed by atoms with Crippen molar-refractivity contribution in [1.29, 1.82) is 0 Å². The smallest absolute Gasteiger partial charge is 0.338 e. The molecular formula is C11H10FN3O3. The fourth-order valence-electron chi connectivity index (χ4n) is 1.38. The summed E-state index contributed by atoms with van der Waals surface area (Å²) in [6.07, 6.45) is 1.67. The van der Waals surface area contributed by atoms with E-state index in [9.17, 15) is 9.18 Å². The number of nitrogens with zero attached hydrogens (tertiary/aromatic N) is 3. The predicted octanol–water partition coefficient (Wildman–Crippen LogP) is 1.23. The maximum atomic E-state index is 13.3. The average molecular weight is 251 g/mol. The van der Waals surface area contributed by atoms with Crippen LogP contribution in [0.2, 0.25) is 0 Å². The van der Waals surface area contributed by atoms with E-state index >= 15 is 0 Å². The maximum Gasteiger partial charge on any atom is 0.338 e. The molecule has 1 heterocycles. The van der Waals surface area contributed by atoms with E-state index in [-0.39, 0.29) is 17.9 Å². The summed E-state index contributed by atoms with van der Waals surface area (Å²) in [4.78, 5) is 10.6. The number of aromatic nitrogens is 3. The summed E-state index contributed by atoms with van der Waals surface area (Å²) in [6, 6.07) is 3.58. The van der Waals surface area contributed by atoms with Crippen LogP contribution in [0.25, 0.3) is 0 Å². The largest absolute Gasteiger partial charge is 0.487 e. The minimum absolute atomic E-state index is 0.139. The molecule has 1 aromatic heterocycles. The average Bonchev–Trinajstić information content (AvgIpc) is 2.72. The molecule has 0 aliphatic heterocycles. The van der Waals surface area contributed by atoms with Gasteiger partial charge < -0.3 is 9.84 Å². The van der Waals surface area contributed by atoms with Gasteiger partial charge >= 0.3 is 5.97 Å². The number of rotatable bonds is 4. The molecule has 18 heavy (non-hydrogen) atoms. The van der Waals surface area contributed by atoms with Crippen molar-refractivity contribution in [1.82, 2.24) is 15.0 Å². The molecule has 0 radical (unpaired) electrons. The van der Waals surface area contributed by atoms with Gasteiger partial charge in [-0.3, -0.25) is 4.68 Å². The van der Waals surface area contributed by atoms with Gasteiger partial charge in [-0.2, -0.15) is 0 Å². The van der Waals surface area contributed by atoms with Gasteiger partial charge in [0.15, 0.2) is 0 Å². The Morgan fingerprint density at radius 3 is 2.89 bits per heavy atom. The maximum absolute atomic E-state index is 13.3. The third kappa shape index (κ3) is 2.62. The Labute approximate surface area is 102 Å². The molecule has 0 amide bonds. The van der Waals surface area contributed by atoms with Crippen molar-refractivity contribution in [2.24, 2.45) is 7.05 Å². The molecule has 0 saturated carbocycles. The third-order valence-corrected chi connectivity index (χ3v) is 2.21. The summed E-state index contributed by atoms with van der Waals surface area (Å²) < 4.78 is 20.1. The zero-order valence-corrected chi connectivity index (χ0v) is 9.50. The van der Waals surface area contributed by atoms with Crippen LogP contribution in [0.3, 0.4) is 0 Å². The molecule has 0 unspecified atom stereocenters. The van der Waals surface area contributed by atoms with Gasteiger partial charge in [-0.1, -0.05) is 5.21 Å². The molecule has 0 bridgehead atoms. The van der Waals surface area contributed by atoms with Gasteiger partial charge in [0.05, 0.1) is 11.8 Å². The summed E-state index contributed by atoms with van der Waals surface area (Å²) in [6.45, 7) is 0.139. The van der Waals surface area contributed by atoms with Gasteiger partial charge in [0.1, 0.15) is 23.9 Å². The monoisotopic (exact) mass is 251 g/mol. The highest BCUT2D eigenvalue weighted by Gasteiger charge is 2.11. The van der Waals surface area contributed by atoms with Crippen molar-refractivity contribution in [3.05, 3.63) is 41.5 Å². The number of benzene rings is 1. The van der Waals surface area contributed by atoms with Crippen LogP contribution in [0.15, 0.2) is 24.4 Å². The molecule has 2 aromatic rings. The molecule has 0 atom stereocenters. The molecule has 94 valence electrons. The van der Waals surface area contributed by atoms with Crippen LogP contribution in [0.4, 0.5) is 4.39 Å². The van der Waals surface area contributed by atoms with Crippen molar-refractivity contribution in [3.8, 4) is 5.75 Å². The SMILES string of the molecule is Cn1cc(COc2ccc(C(=O)O)c(F)c2)nn1. The second-order valence-corrected chi connectivity index (χ2v) is 3.62. The van der Waals surface area contributed by atoms with Crippen molar-refractivity contribution >= 4 is 5.97 Å². The summed E-state index contributed by atoms with van der Waals surface area (Å²) >= 11 is 0. The van der Waals surface area contributed by atoms with Crippen molar-refractivity contribution < 1.29 is 19.0 Å². The fourth-order valence-corrected chi connectivity index (χ4v) is 1.38. The van der Waals surface area contributed by atoms with Crippen LogP contribution in [0, 0.1) is 5.82 Å². The number of halogens is 1. The Bertz CT molecular complexity index is 583. The van der Waals surface area contributed by atoms with Gasteiger partial charge in [-0.25, -0.2) is 9.18 Å². The first-order chi connectivity index (χ1) is 8.56. The zero-order chi connectivity index (χ0) is 13.1. The summed E-state index contributed by atoms with van der Waals surface area (Å²) in [5.74, 6) is -1.91. The number of carbonyl (C=O) groups is 1. The molecule has 6 nitrogen and oxygen atoms in total. The highest BCUT2D eigenvalue weighted by molar-refractivity contribution is 5.88. The molecular weight excluding hydrogens is 241 g/mol. The minimum Gasteiger partial charge on any atom is -0.487 e. The number of hydrogen-bond donors (Lipinski definition) is 1. The lowest BCUT2D eigenvalue weighted by molar-refractivity contribution is 0.0692. The summed E-state index contributed by atoms with van der Waals surface area (Å²) in [7, 11) is 1.72. The lowest BCUT2D eigenvalue weighted by atomic mass is 10.2. The lowest BCUT2D eigenvalue weighted by Crippen LogP contribution is -2.02. The molecule has 0 aliphatic rings. The molecule has 0 fully saturated rings. The van der Waals surface area contributed by atoms with Crippen LogP contribution in [-0.2, 0) is 13.7 Å². The first-order valence-corrected chi connectivity index (χ1v) is 5.07. The van der Waals surface area contributed by atoms with Crippen molar-refractivity contribution in [2.75, 3.05) is 0 Å². The molecule has 0 spiro atoms. The number of aromatic carboxylic acids is 1. The number of ether oxygens (including phenoxy) is 1. The Balaban J connectivity index is 2.06. The molecule has 0 saturated heterocycles. The first-order valence-electron chi connectivity index (χ1n) is 5.07. The molecule has 7 heteroatoms. The van der Waals surface area contributed by atoms with E-state index in [0.717, 1.165) is 12.1 Å². The Kier molecular flexibility index (Phi) is 3.22.